The van der Waals surface area contributed by atoms with Gasteiger partial charge in [-0.2, -0.15) is 11.8 Å². The van der Waals surface area contributed by atoms with Crippen LogP contribution in [0.1, 0.15) is 75.0 Å². The van der Waals surface area contributed by atoms with Gasteiger partial charge in [0.2, 0.25) is 0 Å². The third kappa shape index (κ3) is 8.77. The Morgan fingerprint density at radius 3 is 2.47 bits per heavy atom. The number of imidazole rings is 1. The fourth-order valence-corrected chi connectivity index (χ4v) is 7.18. The number of hydrogen-bond donors (Lipinski definition) is 1. The Morgan fingerprint density at radius 2 is 1.77 bits per heavy atom. The molecule has 0 bridgehead atoms. The van der Waals surface area contributed by atoms with Crippen LogP contribution in [0.15, 0.2) is 67.0 Å². The first kappa shape index (κ1) is 35.0. The van der Waals surface area contributed by atoms with Gasteiger partial charge in [0.1, 0.15) is 11.2 Å². The fraction of sp³-hybridized carbons (Fsp3) is 0.541. The van der Waals surface area contributed by atoms with E-state index in [-0.39, 0.29) is 30.7 Å². The van der Waals surface area contributed by atoms with Crippen LogP contribution in [0.25, 0.3) is 11.3 Å². The predicted molar refractivity (Wildman–Crippen MR) is 187 cm³/mol. The summed E-state index contributed by atoms with van der Waals surface area (Å²) in [5.41, 5.74) is 1.33. The lowest BCUT2D eigenvalue weighted by Gasteiger charge is -2.42. The number of amides is 2. The van der Waals surface area contributed by atoms with Gasteiger partial charge in [0.15, 0.2) is 5.69 Å². The number of aromatic nitrogens is 2. The number of aliphatic hydroxyl groups is 1. The summed E-state index contributed by atoms with van der Waals surface area (Å²) in [6, 6.07) is 19.3. The molecule has 2 amide bonds. The second-order valence-corrected chi connectivity index (χ2v) is 14.7. The van der Waals surface area contributed by atoms with Crippen molar-refractivity contribution in [2.75, 3.05) is 44.9 Å². The fourth-order valence-electron chi connectivity index (χ4n) is 6.77. The monoisotopic (exact) mass is 662 g/mol. The molecular weight excluding hydrogens is 612 g/mol. The maximum absolute atomic E-state index is 14.7. The minimum absolute atomic E-state index is 0.181. The van der Waals surface area contributed by atoms with Crippen LogP contribution in [0.2, 0.25) is 0 Å². The van der Waals surface area contributed by atoms with Crippen LogP contribution in [0.3, 0.4) is 0 Å². The Morgan fingerprint density at radius 1 is 1.04 bits per heavy atom. The highest BCUT2D eigenvalue weighted by Crippen LogP contribution is 2.41. The molecule has 0 spiro atoms. The molecule has 10 heteroatoms. The highest BCUT2D eigenvalue weighted by molar-refractivity contribution is 7.98. The first-order valence-electron chi connectivity index (χ1n) is 16.8. The minimum Gasteiger partial charge on any atom is -0.444 e. The van der Waals surface area contributed by atoms with E-state index in [0.717, 1.165) is 42.6 Å². The summed E-state index contributed by atoms with van der Waals surface area (Å²) >= 11 is 1.79. The van der Waals surface area contributed by atoms with E-state index in [0.29, 0.717) is 50.5 Å². The Bertz CT molecular complexity index is 1460. The molecular formula is C37H50N4O5S. The predicted octanol–water partition coefficient (Wildman–Crippen LogP) is 6.47. The van der Waals surface area contributed by atoms with E-state index < -0.39 is 11.2 Å². The van der Waals surface area contributed by atoms with E-state index in [2.05, 4.69) is 6.26 Å². The number of carbonyl (C=O) groups excluding carboxylic acids is 2. The van der Waals surface area contributed by atoms with Crippen molar-refractivity contribution in [1.82, 2.24) is 19.4 Å². The molecule has 1 saturated heterocycles. The second-order valence-electron chi connectivity index (χ2n) is 13.7. The summed E-state index contributed by atoms with van der Waals surface area (Å²) < 4.78 is 13.8. The van der Waals surface area contributed by atoms with Gasteiger partial charge in [-0.3, -0.25) is 4.79 Å². The SMILES string of the molecule is CSCCCOC[C@@]1(O)CCCC[C@@H]1n1cnc(C(=O)N2CCN(C(=O)OC(C)(C)C)C[C@H]2Cc2ccccc2)c1-c1ccccc1. The van der Waals surface area contributed by atoms with Gasteiger partial charge in [0.05, 0.1) is 30.7 Å². The standard InChI is InChI=1S/C37H50N4O5S/c1-36(2,3)46-35(43)39-20-21-40(30(25-39)24-28-14-7-5-8-15-28)34(42)32-33(29-16-9-6-10-17-29)41(27-38-32)31-18-11-12-19-37(31,44)26-45-22-13-23-47-4/h5-10,14-17,27,30-31,44H,11-13,18-26H2,1-4H3/t30-,31+,37+/m1/s1. The van der Waals surface area contributed by atoms with Crippen LogP contribution in [0, 0.1) is 0 Å². The minimum atomic E-state index is -1.07. The molecule has 0 unspecified atom stereocenters. The Kier molecular flexibility index (Phi) is 11.7. The van der Waals surface area contributed by atoms with Crippen molar-refractivity contribution < 1.29 is 24.2 Å². The largest absolute Gasteiger partial charge is 0.444 e. The molecule has 1 N–H and O–H groups in total. The van der Waals surface area contributed by atoms with Crippen LogP contribution >= 0.6 is 11.8 Å². The smallest absolute Gasteiger partial charge is 0.410 e. The van der Waals surface area contributed by atoms with Gasteiger partial charge in [-0.15, -0.1) is 0 Å². The molecule has 254 valence electrons. The van der Waals surface area contributed by atoms with E-state index in [1.54, 1.807) is 23.0 Å². The number of benzene rings is 2. The molecule has 2 fully saturated rings. The van der Waals surface area contributed by atoms with Crippen LogP contribution in [0.5, 0.6) is 0 Å². The number of piperazine rings is 1. The molecule has 2 aromatic carbocycles. The van der Waals surface area contributed by atoms with Crippen LogP contribution in [-0.2, 0) is 15.9 Å². The zero-order valence-electron chi connectivity index (χ0n) is 28.3. The van der Waals surface area contributed by atoms with Crippen molar-refractivity contribution in [3.05, 3.63) is 78.2 Å². The number of hydrogen-bond acceptors (Lipinski definition) is 7. The van der Waals surface area contributed by atoms with Crippen molar-refractivity contribution in [2.45, 2.75) is 82.6 Å². The van der Waals surface area contributed by atoms with Gasteiger partial charge in [-0.05, 0) is 64.0 Å². The number of ether oxygens (including phenoxy) is 2. The number of thioether (sulfide) groups is 1. The maximum atomic E-state index is 14.7. The lowest BCUT2D eigenvalue weighted by molar-refractivity contribution is -0.0989. The van der Waals surface area contributed by atoms with Crippen molar-refractivity contribution in [1.29, 1.82) is 0 Å². The number of rotatable bonds is 11. The molecule has 5 rings (SSSR count). The van der Waals surface area contributed by atoms with E-state index in [4.69, 9.17) is 14.5 Å². The second kappa shape index (κ2) is 15.7. The van der Waals surface area contributed by atoms with Crippen molar-refractivity contribution >= 4 is 23.8 Å². The third-order valence-electron chi connectivity index (χ3n) is 9.04. The molecule has 1 aliphatic carbocycles. The quantitative estimate of drug-likeness (QED) is 0.235. The van der Waals surface area contributed by atoms with Gasteiger partial charge in [0.25, 0.3) is 5.91 Å². The summed E-state index contributed by atoms with van der Waals surface area (Å²) in [5, 5.41) is 12.1. The number of carbonyl (C=O) groups is 2. The molecule has 3 aromatic rings. The highest BCUT2D eigenvalue weighted by Gasteiger charge is 2.43. The highest BCUT2D eigenvalue weighted by atomic mass is 32.2. The summed E-state index contributed by atoms with van der Waals surface area (Å²) in [4.78, 5) is 36.1. The number of nitrogens with zero attached hydrogens (tertiary/aromatic N) is 4. The Balaban J connectivity index is 1.47. The van der Waals surface area contributed by atoms with Gasteiger partial charge in [-0.1, -0.05) is 73.5 Å². The average molecular weight is 663 g/mol. The van der Waals surface area contributed by atoms with E-state index in [9.17, 15) is 14.7 Å². The van der Waals surface area contributed by atoms with Gasteiger partial charge in [-0.25, -0.2) is 9.78 Å². The van der Waals surface area contributed by atoms with E-state index in [1.807, 2.05) is 90.9 Å². The molecule has 1 aromatic heterocycles. The third-order valence-corrected chi connectivity index (χ3v) is 9.73. The average Bonchev–Trinajstić information content (AvgIpc) is 3.49. The topological polar surface area (TPSA) is 97.1 Å². The van der Waals surface area contributed by atoms with Crippen LogP contribution in [-0.4, -0.2) is 98.6 Å². The van der Waals surface area contributed by atoms with E-state index >= 15 is 0 Å². The lowest BCUT2D eigenvalue weighted by Crippen LogP contribution is -2.58. The maximum Gasteiger partial charge on any atom is 0.410 e. The zero-order valence-corrected chi connectivity index (χ0v) is 29.1. The van der Waals surface area contributed by atoms with Crippen LogP contribution in [0.4, 0.5) is 4.79 Å². The first-order chi connectivity index (χ1) is 22.6. The summed E-state index contributed by atoms with van der Waals surface area (Å²) in [6.45, 7) is 7.50. The molecule has 47 heavy (non-hydrogen) atoms. The van der Waals surface area contributed by atoms with Crippen LogP contribution < -0.4 is 0 Å². The summed E-state index contributed by atoms with van der Waals surface area (Å²) in [5.74, 6) is 0.838. The molecule has 2 aliphatic rings. The van der Waals surface area contributed by atoms with Gasteiger partial charge < -0.3 is 28.9 Å². The van der Waals surface area contributed by atoms with Gasteiger partial charge >= 0.3 is 6.09 Å². The first-order valence-corrected chi connectivity index (χ1v) is 18.2. The molecule has 1 saturated carbocycles. The Labute approximate surface area is 283 Å². The molecule has 3 atom stereocenters. The van der Waals surface area contributed by atoms with E-state index in [1.165, 1.54) is 0 Å². The van der Waals surface area contributed by atoms with Gasteiger partial charge in [0, 0.05) is 31.8 Å². The lowest BCUT2D eigenvalue weighted by atomic mass is 9.80. The molecule has 9 nitrogen and oxygen atoms in total. The van der Waals surface area contributed by atoms with Crippen molar-refractivity contribution in [2.24, 2.45) is 0 Å². The molecule has 2 heterocycles. The zero-order chi connectivity index (χ0) is 33.4. The van der Waals surface area contributed by atoms with Crippen molar-refractivity contribution in [3.8, 4) is 11.3 Å². The van der Waals surface area contributed by atoms with Crippen molar-refractivity contribution in [3.63, 3.8) is 0 Å². The summed E-state index contributed by atoms with van der Waals surface area (Å²) in [6.07, 6.45) is 8.25. The summed E-state index contributed by atoms with van der Waals surface area (Å²) in [7, 11) is 0. The molecule has 1 aliphatic heterocycles. The molecule has 0 radical (unpaired) electrons. The Hall–Kier alpha value is -3.34. The normalized spacial score (nSPS) is 21.9.